The first-order valence-corrected chi connectivity index (χ1v) is 4.63. The van der Waals surface area contributed by atoms with Crippen molar-refractivity contribution in [1.82, 2.24) is 0 Å². The minimum Gasteiger partial charge on any atom is -0.0885 e. The Bertz CT molecular complexity index is 131. The van der Waals surface area contributed by atoms with E-state index in [4.69, 9.17) is 0 Å². The largest absolute Gasteiger partial charge is 0.0885 e. The van der Waals surface area contributed by atoms with Crippen LogP contribution in [-0.2, 0) is 0 Å². The number of hydrogen-bond acceptors (Lipinski definition) is 0. The lowest BCUT2D eigenvalue weighted by molar-refractivity contribution is 0.330. The Kier molecular flexibility index (Phi) is 4.48. The monoisotopic (exact) mass is 154 g/mol. The van der Waals surface area contributed by atoms with Crippen molar-refractivity contribution in [3.8, 4) is 0 Å². The molecule has 66 valence electrons. The first-order valence-electron chi connectivity index (χ1n) is 4.63. The summed E-state index contributed by atoms with van der Waals surface area (Å²) in [4.78, 5) is 0. The molecule has 2 unspecified atom stereocenters. The number of hydrogen-bond donors (Lipinski definition) is 0. The molecule has 0 aliphatic rings. The summed E-state index contributed by atoms with van der Waals surface area (Å²) in [5, 5.41) is 0. The standard InChI is InChI=1S/C11H22/c1-7-9(4)11(6)10(5)8(2)3/h7-8,10-11H,1-6H3/b9-7+. The molecule has 0 aromatic carbocycles. The molecule has 0 saturated heterocycles. The molecule has 0 saturated carbocycles. The summed E-state index contributed by atoms with van der Waals surface area (Å²) < 4.78 is 0. The number of rotatable bonds is 3. The highest BCUT2D eigenvalue weighted by Crippen LogP contribution is 2.25. The highest BCUT2D eigenvalue weighted by atomic mass is 14.2. The lowest BCUT2D eigenvalue weighted by Gasteiger charge is -2.24. The molecular formula is C11H22. The molecule has 0 aromatic heterocycles. The van der Waals surface area contributed by atoms with Gasteiger partial charge in [0, 0.05) is 0 Å². The molecule has 0 N–H and O–H groups in total. The van der Waals surface area contributed by atoms with E-state index in [1.165, 1.54) is 5.57 Å². The van der Waals surface area contributed by atoms with Crippen molar-refractivity contribution in [3.05, 3.63) is 11.6 Å². The van der Waals surface area contributed by atoms with E-state index < -0.39 is 0 Å². The molecule has 0 spiro atoms. The van der Waals surface area contributed by atoms with Crippen LogP contribution in [0.2, 0.25) is 0 Å². The van der Waals surface area contributed by atoms with Gasteiger partial charge < -0.3 is 0 Å². The molecule has 0 fully saturated rings. The first-order chi connectivity index (χ1) is 5.00. The van der Waals surface area contributed by atoms with Crippen LogP contribution in [0.1, 0.15) is 41.5 Å². The Balaban J connectivity index is 4.13. The van der Waals surface area contributed by atoms with Crippen LogP contribution >= 0.6 is 0 Å². The molecule has 0 rings (SSSR count). The Morgan fingerprint density at radius 3 is 1.82 bits per heavy atom. The van der Waals surface area contributed by atoms with Crippen molar-refractivity contribution in [3.63, 3.8) is 0 Å². The molecule has 2 atom stereocenters. The van der Waals surface area contributed by atoms with Crippen LogP contribution < -0.4 is 0 Å². The van der Waals surface area contributed by atoms with Crippen LogP contribution in [0, 0.1) is 17.8 Å². The average Bonchev–Trinajstić information content (AvgIpc) is 2.00. The second-order valence-corrected chi connectivity index (χ2v) is 3.92. The van der Waals surface area contributed by atoms with Crippen LogP contribution in [-0.4, -0.2) is 0 Å². The van der Waals surface area contributed by atoms with Gasteiger partial charge in [0.05, 0.1) is 0 Å². The van der Waals surface area contributed by atoms with E-state index in [0.29, 0.717) is 0 Å². The summed E-state index contributed by atoms with van der Waals surface area (Å²) in [5.74, 6) is 2.33. The Morgan fingerprint density at radius 2 is 1.55 bits per heavy atom. The van der Waals surface area contributed by atoms with Crippen molar-refractivity contribution in [2.45, 2.75) is 41.5 Å². The maximum Gasteiger partial charge on any atom is -0.0206 e. The van der Waals surface area contributed by atoms with Crippen molar-refractivity contribution in [2.75, 3.05) is 0 Å². The predicted octanol–water partition coefficient (Wildman–Crippen LogP) is 3.88. The fourth-order valence-electron chi connectivity index (χ4n) is 1.25. The zero-order valence-corrected chi connectivity index (χ0v) is 8.81. The topological polar surface area (TPSA) is 0 Å². The van der Waals surface area contributed by atoms with Crippen LogP contribution in [0.25, 0.3) is 0 Å². The van der Waals surface area contributed by atoms with Gasteiger partial charge in [-0.3, -0.25) is 0 Å². The van der Waals surface area contributed by atoms with E-state index in [2.05, 4.69) is 47.6 Å². The van der Waals surface area contributed by atoms with Gasteiger partial charge in [0.2, 0.25) is 0 Å². The van der Waals surface area contributed by atoms with Gasteiger partial charge in [0.15, 0.2) is 0 Å². The van der Waals surface area contributed by atoms with Gasteiger partial charge in [-0.15, -0.1) is 0 Å². The molecule has 0 heteroatoms. The normalized spacial score (nSPS) is 18.6. The molecule has 0 heterocycles. The summed E-state index contributed by atoms with van der Waals surface area (Å²) >= 11 is 0. The van der Waals surface area contributed by atoms with E-state index >= 15 is 0 Å². The molecule has 0 aromatic rings. The summed E-state index contributed by atoms with van der Waals surface area (Å²) in [6.07, 6.45) is 2.23. The fourth-order valence-corrected chi connectivity index (χ4v) is 1.25. The van der Waals surface area contributed by atoms with Crippen LogP contribution in [0.3, 0.4) is 0 Å². The minimum absolute atomic E-state index is 0.736. The van der Waals surface area contributed by atoms with Crippen molar-refractivity contribution in [2.24, 2.45) is 17.8 Å². The van der Waals surface area contributed by atoms with Gasteiger partial charge in [-0.25, -0.2) is 0 Å². The van der Waals surface area contributed by atoms with Crippen LogP contribution in [0.4, 0.5) is 0 Å². The van der Waals surface area contributed by atoms with Crippen LogP contribution in [0.5, 0.6) is 0 Å². The zero-order valence-electron chi connectivity index (χ0n) is 8.81. The predicted molar refractivity (Wildman–Crippen MR) is 52.6 cm³/mol. The highest BCUT2D eigenvalue weighted by molar-refractivity contribution is 5.01. The van der Waals surface area contributed by atoms with Crippen molar-refractivity contribution < 1.29 is 0 Å². The quantitative estimate of drug-likeness (QED) is 0.541. The van der Waals surface area contributed by atoms with E-state index in [9.17, 15) is 0 Å². The summed E-state index contributed by atoms with van der Waals surface area (Å²) in [6, 6.07) is 0. The molecule has 0 amide bonds. The average molecular weight is 154 g/mol. The third-order valence-electron chi connectivity index (χ3n) is 3.01. The van der Waals surface area contributed by atoms with Crippen molar-refractivity contribution in [1.29, 1.82) is 0 Å². The smallest absolute Gasteiger partial charge is 0.0206 e. The summed E-state index contributed by atoms with van der Waals surface area (Å²) in [5.41, 5.74) is 1.52. The van der Waals surface area contributed by atoms with E-state index in [1.807, 2.05) is 0 Å². The molecule has 0 nitrogen and oxygen atoms in total. The lowest BCUT2D eigenvalue weighted by atomic mass is 9.82. The molecule has 0 aliphatic carbocycles. The van der Waals surface area contributed by atoms with E-state index in [1.54, 1.807) is 0 Å². The zero-order chi connectivity index (χ0) is 9.02. The summed E-state index contributed by atoms with van der Waals surface area (Å²) in [6.45, 7) is 13.6. The lowest BCUT2D eigenvalue weighted by Crippen LogP contribution is -2.14. The SMILES string of the molecule is C/C=C(\C)C(C)C(C)C(C)C. The Morgan fingerprint density at radius 1 is 1.09 bits per heavy atom. The van der Waals surface area contributed by atoms with Gasteiger partial charge in [0.25, 0.3) is 0 Å². The second-order valence-electron chi connectivity index (χ2n) is 3.92. The third-order valence-corrected chi connectivity index (χ3v) is 3.01. The van der Waals surface area contributed by atoms with Gasteiger partial charge in [-0.1, -0.05) is 39.3 Å². The first kappa shape index (κ1) is 10.7. The van der Waals surface area contributed by atoms with Gasteiger partial charge in [-0.05, 0) is 31.6 Å². The highest BCUT2D eigenvalue weighted by Gasteiger charge is 2.15. The third kappa shape index (κ3) is 3.09. The maximum atomic E-state index is 2.34. The molecular weight excluding hydrogens is 132 g/mol. The molecule has 0 aliphatic heterocycles. The molecule has 11 heavy (non-hydrogen) atoms. The van der Waals surface area contributed by atoms with Gasteiger partial charge in [0.1, 0.15) is 0 Å². The fraction of sp³-hybridized carbons (Fsp3) is 0.818. The van der Waals surface area contributed by atoms with Crippen LogP contribution in [0.15, 0.2) is 11.6 Å². The summed E-state index contributed by atoms with van der Waals surface area (Å²) in [7, 11) is 0. The number of allylic oxidation sites excluding steroid dienone is 2. The van der Waals surface area contributed by atoms with E-state index in [-0.39, 0.29) is 0 Å². The molecule has 0 bridgehead atoms. The Hall–Kier alpha value is -0.260. The minimum atomic E-state index is 0.736. The molecule has 0 radical (unpaired) electrons. The van der Waals surface area contributed by atoms with E-state index in [0.717, 1.165) is 17.8 Å². The van der Waals surface area contributed by atoms with Crippen molar-refractivity contribution >= 4 is 0 Å². The Labute approximate surface area is 71.7 Å². The maximum absolute atomic E-state index is 2.34. The van der Waals surface area contributed by atoms with Gasteiger partial charge in [-0.2, -0.15) is 0 Å². The van der Waals surface area contributed by atoms with Gasteiger partial charge >= 0.3 is 0 Å². The second kappa shape index (κ2) is 4.58.